The maximum atomic E-state index is 11.8. The molecule has 17 heavy (non-hydrogen) atoms. The van der Waals surface area contributed by atoms with E-state index in [0.29, 0.717) is 29.1 Å². The number of ether oxygens (including phenoxy) is 1. The van der Waals surface area contributed by atoms with Crippen molar-refractivity contribution in [1.29, 1.82) is 0 Å². The number of halogens is 1. The number of aromatic amines is 1. The first-order valence-corrected chi connectivity index (χ1v) is 5.92. The van der Waals surface area contributed by atoms with Crippen molar-refractivity contribution >= 4 is 32.6 Å². The van der Waals surface area contributed by atoms with E-state index in [0.717, 1.165) is 4.47 Å². The number of nitrogens with one attached hydrogen (secondary N) is 1. The number of H-pyrrole nitrogens is 1. The van der Waals surface area contributed by atoms with E-state index < -0.39 is 0 Å². The van der Waals surface area contributed by atoms with Gasteiger partial charge in [0.25, 0.3) is 5.56 Å². The van der Waals surface area contributed by atoms with Crippen LogP contribution in [0.4, 0.5) is 0 Å². The van der Waals surface area contributed by atoms with E-state index in [2.05, 4.69) is 32.5 Å². The van der Waals surface area contributed by atoms with Crippen LogP contribution in [0.15, 0.2) is 34.0 Å². The summed E-state index contributed by atoms with van der Waals surface area (Å²) in [6.07, 6.45) is 0. The maximum absolute atomic E-state index is 11.8. The van der Waals surface area contributed by atoms with Gasteiger partial charge in [-0.3, -0.25) is 4.79 Å². The van der Waals surface area contributed by atoms with Crippen molar-refractivity contribution in [2.45, 2.75) is 6.92 Å². The first kappa shape index (κ1) is 11.9. The minimum absolute atomic E-state index is 0.202. The summed E-state index contributed by atoms with van der Waals surface area (Å²) >= 11 is 3.32. The van der Waals surface area contributed by atoms with Gasteiger partial charge < -0.3 is 9.72 Å². The fraction of sp³-hybridized carbons (Fsp3) is 0.167. The van der Waals surface area contributed by atoms with Gasteiger partial charge in [0.05, 0.1) is 17.5 Å². The predicted octanol–water partition coefficient (Wildman–Crippen LogP) is 2.69. The first-order valence-electron chi connectivity index (χ1n) is 5.13. The molecule has 0 aliphatic rings. The Kier molecular flexibility index (Phi) is 3.28. The monoisotopic (exact) mass is 294 g/mol. The smallest absolute Gasteiger partial charge is 0.259 e. The standard InChI is InChI=1S/C12H11BrN2O2/c1-3-17-7(2)11-14-10-5-4-8(13)6-9(10)12(16)15-11/h4-6H,2-3H2,1H3,(H,14,15,16). The van der Waals surface area contributed by atoms with Gasteiger partial charge in [0.2, 0.25) is 0 Å². The van der Waals surface area contributed by atoms with E-state index >= 15 is 0 Å². The highest BCUT2D eigenvalue weighted by Crippen LogP contribution is 2.16. The minimum Gasteiger partial charge on any atom is -0.491 e. The lowest BCUT2D eigenvalue weighted by Crippen LogP contribution is -2.12. The molecule has 1 aromatic heterocycles. The minimum atomic E-state index is -0.202. The molecule has 0 aliphatic carbocycles. The van der Waals surface area contributed by atoms with Gasteiger partial charge >= 0.3 is 0 Å². The average molecular weight is 295 g/mol. The quantitative estimate of drug-likeness (QED) is 0.886. The molecule has 0 amide bonds. The van der Waals surface area contributed by atoms with Crippen molar-refractivity contribution in [3.8, 4) is 0 Å². The summed E-state index contributed by atoms with van der Waals surface area (Å²) in [5, 5.41) is 0.535. The number of hydrogen-bond acceptors (Lipinski definition) is 3. The van der Waals surface area contributed by atoms with Gasteiger partial charge in [0.15, 0.2) is 11.6 Å². The molecule has 88 valence electrons. The Morgan fingerprint density at radius 2 is 2.35 bits per heavy atom. The van der Waals surface area contributed by atoms with Crippen molar-refractivity contribution in [1.82, 2.24) is 9.97 Å². The van der Waals surface area contributed by atoms with Gasteiger partial charge in [0, 0.05) is 4.47 Å². The van der Waals surface area contributed by atoms with Gasteiger partial charge in [0.1, 0.15) is 0 Å². The molecule has 0 spiro atoms. The van der Waals surface area contributed by atoms with Crippen LogP contribution < -0.4 is 5.56 Å². The van der Waals surface area contributed by atoms with E-state index in [1.165, 1.54) is 0 Å². The second-order valence-corrected chi connectivity index (χ2v) is 4.35. The Hall–Kier alpha value is -1.62. The number of benzene rings is 1. The van der Waals surface area contributed by atoms with E-state index in [4.69, 9.17) is 4.74 Å². The van der Waals surface area contributed by atoms with Crippen LogP contribution in [0, 0.1) is 0 Å². The lowest BCUT2D eigenvalue weighted by molar-refractivity contribution is 0.296. The van der Waals surface area contributed by atoms with Crippen LogP contribution in [0.2, 0.25) is 0 Å². The lowest BCUT2D eigenvalue weighted by Gasteiger charge is -2.06. The maximum Gasteiger partial charge on any atom is 0.259 e. The van der Waals surface area contributed by atoms with E-state index in [9.17, 15) is 4.79 Å². The SMILES string of the molecule is C=C(OCC)c1nc2ccc(Br)cc2c(=O)[nH]1. The summed E-state index contributed by atoms with van der Waals surface area (Å²) in [6, 6.07) is 5.34. The van der Waals surface area contributed by atoms with Crippen molar-refractivity contribution in [2.75, 3.05) is 6.61 Å². The van der Waals surface area contributed by atoms with Crippen LogP contribution in [0.25, 0.3) is 16.7 Å². The highest BCUT2D eigenvalue weighted by Gasteiger charge is 2.07. The molecule has 0 unspecified atom stereocenters. The molecule has 0 atom stereocenters. The zero-order valence-electron chi connectivity index (χ0n) is 9.29. The van der Waals surface area contributed by atoms with Crippen molar-refractivity contribution in [2.24, 2.45) is 0 Å². The van der Waals surface area contributed by atoms with Crippen LogP contribution in [-0.4, -0.2) is 16.6 Å². The fourth-order valence-corrected chi connectivity index (χ4v) is 1.85. The molecule has 1 N–H and O–H groups in total. The van der Waals surface area contributed by atoms with Gasteiger partial charge in [-0.15, -0.1) is 0 Å². The molecular formula is C12H11BrN2O2. The van der Waals surface area contributed by atoms with Gasteiger partial charge in [-0.2, -0.15) is 0 Å². The first-order chi connectivity index (χ1) is 8.11. The summed E-state index contributed by atoms with van der Waals surface area (Å²) < 4.78 is 6.06. The Morgan fingerprint density at radius 1 is 1.59 bits per heavy atom. The number of nitrogens with zero attached hydrogens (tertiary/aromatic N) is 1. The third-order valence-corrected chi connectivity index (χ3v) is 2.74. The summed E-state index contributed by atoms with van der Waals surface area (Å²) in [5.74, 6) is 0.737. The molecule has 0 fully saturated rings. The van der Waals surface area contributed by atoms with E-state index in [1.807, 2.05) is 13.0 Å². The van der Waals surface area contributed by atoms with Gasteiger partial charge in [-0.25, -0.2) is 4.98 Å². The largest absolute Gasteiger partial charge is 0.491 e. The second kappa shape index (κ2) is 4.71. The summed E-state index contributed by atoms with van der Waals surface area (Å²) in [6.45, 7) is 6.05. The second-order valence-electron chi connectivity index (χ2n) is 3.43. The fourth-order valence-electron chi connectivity index (χ4n) is 1.49. The molecule has 1 heterocycles. The number of aromatic nitrogens is 2. The van der Waals surface area contributed by atoms with Gasteiger partial charge in [-0.1, -0.05) is 22.5 Å². The van der Waals surface area contributed by atoms with Crippen LogP contribution in [0.5, 0.6) is 0 Å². The van der Waals surface area contributed by atoms with Crippen LogP contribution in [0.1, 0.15) is 12.7 Å². The Balaban J connectivity index is 2.60. The number of hydrogen-bond donors (Lipinski definition) is 1. The van der Waals surface area contributed by atoms with Crippen LogP contribution in [0.3, 0.4) is 0 Å². The normalized spacial score (nSPS) is 10.5. The third-order valence-electron chi connectivity index (χ3n) is 2.25. The molecule has 0 radical (unpaired) electrons. The van der Waals surface area contributed by atoms with Crippen molar-refractivity contribution in [3.63, 3.8) is 0 Å². The van der Waals surface area contributed by atoms with Gasteiger partial charge in [-0.05, 0) is 25.1 Å². The lowest BCUT2D eigenvalue weighted by atomic mass is 10.2. The average Bonchev–Trinajstić information content (AvgIpc) is 2.30. The number of fused-ring (bicyclic) bond motifs is 1. The van der Waals surface area contributed by atoms with Crippen LogP contribution in [-0.2, 0) is 4.74 Å². The molecule has 0 aliphatic heterocycles. The molecule has 0 saturated heterocycles. The topological polar surface area (TPSA) is 55.0 Å². The van der Waals surface area contributed by atoms with Crippen molar-refractivity contribution in [3.05, 3.63) is 45.4 Å². The Morgan fingerprint density at radius 3 is 3.06 bits per heavy atom. The Labute approximate surface area is 106 Å². The third kappa shape index (κ3) is 2.39. The molecule has 0 saturated carbocycles. The van der Waals surface area contributed by atoms with Crippen molar-refractivity contribution < 1.29 is 4.74 Å². The molecule has 2 rings (SSSR count). The Bertz CT molecular complexity index is 634. The highest BCUT2D eigenvalue weighted by molar-refractivity contribution is 9.10. The molecule has 4 nitrogen and oxygen atoms in total. The molecule has 2 aromatic rings. The molecule has 5 heteroatoms. The van der Waals surface area contributed by atoms with Crippen LogP contribution >= 0.6 is 15.9 Å². The zero-order valence-corrected chi connectivity index (χ0v) is 10.9. The molecule has 1 aromatic carbocycles. The molecule has 0 bridgehead atoms. The summed E-state index contributed by atoms with van der Waals surface area (Å²) in [4.78, 5) is 18.8. The number of rotatable bonds is 3. The zero-order chi connectivity index (χ0) is 12.4. The summed E-state index contributed by atoms with van der Waals surface area (Å²) in [5.41, 5.74) is 0.417. The molecular weight excluding hydrogens is 284 g/mol. The van der Waals surface area contributed by atoms with E-state index in [-0.39, 0.29) is 5.56 Å². The predicted molar refractivity (Wildman–Crippen MR) is 70.7 cm³/mol. The summed E-state index contributed by atoms with van der Waals surface area (Å²) in [7, 11) is 0. The highest BCUT2D eigenvalue weighted by atomic mass is 79.9. The van der Waals surface area contributed by atoms with E-state index in [1.54, 1.807) is 12.1 Å².